The maximum atomic E-state index is 12.0. The van der Waals surface area contributed by atoms with E-state index in [1.807, 2.05) is 24.3 Å². The van der Waals surface area contributed by atoms with E-state index in [0.29, 0.717) is 24.5 Å². The molecule has 21 heavy (non-hydrogen) atoms. The standard InChI is InChI=1S/C14H12Br2N2O2S/c15-9-6-11(21-13(9)16)12(17)7-1-2-10-8(5-7)14(19)18-3-4-20-10/h1-2,5-6,12H,3-4,17H2,(H,18,19). The first-order valence-corrected chi connectivity index (χ1v) is 8.72. The molecule has 0 saturated carbocycles. The first kappa shape index (κ1) is 15.0. The van der Waals surface area contributed by atoms with Gasteiger partial charge >= 0.3 is 0 Å². The summed E-state index contributed by atoms with van der Waals surface area (Å²) in [7, 11) is 0. The fraction of sp³-hybridized carbons (Fsp3) is 0.214. The zero-order valence-electron chi connectivity index (χ0n) is 10.9. The Balaban J connectivity index is 1.97. The van der Waals surface area contributed by atoms with Crippen molar-refractivity contribution in [2.75, 3.05) is 13.2 Å². The smallest absolute Gasteiger partial charge is 0.255 e. The Morgan fingerprint density at radius 3 is 2.86 bits per heavy atom. The van der Waals surface area contributed by atoms with Crippen molar-refractivity contribution in [3.63, 3.8) is 0 Å². The number of hydrogen-bond acceptors (Lipinski definition) is 4. The second-order valence-electron chi connectivity index (χ2n) is 4.61. The van der Waals surface area contributed by atoms with E-state index in [1.54, 1.807) is 11.3 Å². The minimum atomic E-state index is -0.279. The fourth-order valence-electron chi connectivity index (χ4n) is 2.15. The number of hydrogen-bond donors (Lipinski definition) is 2. The Kier molecular flexibility index (Phi) is 4.35. The normalized spacial score (nSPS) is 15.7. The molecule has 1 atom stereocenters. The molecule has 3 rings (SSSR count). The molecule has 0 saturated heterocycles. The van der Waals surface area contributed by atoms with Gasteiger partial charge in [0.25, 0.3) is 5.91 Å². The number of ether oxygens (including phenoxy) is 1. The van der Waals surface area contributed by atoms with E-state index in [-0.39, 0.29) is 11.9 Å². The molecule has 3 N–H and O–H groups in total. The first-order valence-electron chi connectivity index (χ1n) is 6.31. The third-order valence-corrected chi connectivity index (χ3v) is 6.56. The van der Waals surface area contributed by atoms with Crippen molar-refractivity contribution < 1.29 is 9.53 Å². The number of amides is 1. The number of thiophene rings is 1. The summed E-state index contributed by atoms with van der Waals surface area (Å²) in [6.45, 7) is 0.995. The molecule has 1 unspecified atom stereocenters. The molecule has 1 aliphatic rings. The van der Waals surface area contributed by atoms with E-state index in [2.05, 4.69) is 37.2 Å². The molecule has 2 heterocycles. The van der Waals surface area contributed by atoms with Crippen molar-refractivity contribution in [1.82, 2.24) is 5.32 Å². The van der Waals surface area contributed by atoms with Crippen molar-refractivity contribution in [3.05, 3.63) is 48.5 Å². The zero-order chi connectivity index (χ0) is 15.0. The van der Waals surface area contributed by atoms with Gasteiger partial charge in [-0.2, -0.15) is 0 Å². The highest BCUT2D eigenvalue weighted by Gasteiger charge is 2.20. The van der Waals surface area contributed by atoms with Gasteiger partial charge in [-0.15, -0.1) is 11.3 Å². The van der Waals surface area contributed by atoms with Crippen LogP contribution in [0.2, 0.25) is 0 Å². The molecular formula is C14H12Br2N2O2S. The van der Waals surface area contributed by atoms with Gasteiger partial charge in [-0.1, -0.05) is 6.07 Å². The third-order valence-electron chi connectivity index (χ3n) is 3.22. The van der Waals surface area contributed by atoms with E-state index in [9.17, 15) is 4.79 Å². The van der Waals surface area contributed by atoms with Gasteiger partial charge in [-0.3, -0.25) is 4.79 Å². The summed E-state index contributed by atoms with van der Waals surface area (Å²) in [6.07, 6.45) is 0. The lowest BCUT2D eigenvalue weighted by Crippen LogP contribution is -2.24. The van der Waals surface area contributed by atoms with Crippen LogP contribution in [0.5, 0.6) is 5.75 Å². The molecular weight excluding hydrogens is 420 g/mol. The van der Waals surface area contributed by atoms with Crippen LogP contribution in [0.4, 0.5) is 0 Å². The van der Waals surface area contributed by atoms with Crippen LogP contribution in [0.25, 0.3) is 0 Å². The van der Waals surface area contributed by atoms with Gasteiger partial charge in [0.05, 0.1) is 21.9 Å². The molecule has 1 aromatic carbocycles. The Morgan fingerprint density at radius 1 is 1.33 bits per heavy atom. The van der Waals surface area contributed by atoms with Gasteiger partial charge in [0.1, 0.15) is 12.4 Å². The molecule has 110 valence electrons. The molecule has 0 spiro atoms. The number of rotatable bonds is 2. The first-order chi connectivity index (χ1) is 10.1. The predicted molar refractivity (Wildman–Crippen MR) is 90.0 cm³/mol. The number of benzene rings is 1. The van der Waals surface area contributed by atoms with Gasteiger partial charge in [-0.05, 0) is 55.6 Å². The largest absolute Gasteiger partial charge is 0.491 e. The summed E-state index contributed by atoms with van der Waals surface area (Å²) >= 11 is 8.50. The van der Waals surface area contributed by atoms with Crippen molar-refractivity contribution >= 4 is 49.1 Å². The molecule has 1 aliphatic heterocycles. The van der Waals surface area contributed by atoms with Gasteiger partial charge in [0.15, 0.2) is 0 Å². The van der Waals surface area contributed by atoms with Crippen LogP contribution in [0.15, 0.2) is 32.5 Å². The second-order valence-corrected chi connectivity index (χ2v) is 7.86. The van der Waals surface area contributed by atoms with Gasteiger partial charge < -0.3 is 15.8 Å². The van der Waals surface area contributed by atoms with Crippen molar-refractivity contribution in [1.29, 1.82) is 0 Å². The topological polar surface area (TPSA) is 64.4 Å². The lowest BCUT2D eigenvalue weighted by molar-refractivity contribution is 0.0957. The van der Waals surface area contributed by atoms with E-state index in [0.717, 1.165) is 18.7 Å². The van der Waals surface area contributed by atoms with Crippen LogP contribution in [0.3, 0.4) is 0 Å². The number of fused-ring (bicyclic) bond motifs is 1. The van der Waals surface area contributed by atoms with Crippen LogP contribution in [-0.2, 0) is 0 Å². The highest BCUT2D eigenvalue weighted by Crippen LogP contribution is 2.37. The minimum Gasteiger partial charge on any atom is -0.491 e. The summed E-state index contributed by atoms with van der Waals surface area (Å²) in [5.41, 5.74) is 7.73. The Labute approximate surface area is 142 Å². The Morgan fingerprint density at radius 2 is 2.14 bits per heavy atom. The summed E-state index contributed by atoms with van der Waals surface area (Å²) in [6, 6.07) is 7.24. The molecule has 0 bridgehead atoms. The van der Waals surface area contributed by atoms with Crippen molar-refractivity contribution in [3.8, 4) is 5.75 Å². The molecule has 1 aromatic heterocycles. The molecule has 2 aromatic rings. The summed E-state index contributed by atoms with van der Waals surface area (Å²) < 4.78 is 7.53. The van der Waals surface area contributed by atoms with Crippen molar-refractivity contribution in [2.45, 2.75) is 6.04 Å². The monoisotopic (exact) mass is 430 g/mol. The van der Waals surface area contributed by atoms with Crippen molar-refractivity contribution in [2.24, 2.45) is 5.73 Å². The molecule has 7 heteroatoms. The van der Waals surface area contributed by atoms with E-state index < -0.39 is 0 Å². The van der Waals surface area contributed by atoms with Gasteiger partial charge in [0, 0.05) is 9.35 Å². The highest BCUT2D eigenvalue weighted by atomic mass is 79.9. The van der Waals surface area contributed by atoms with Crippen LogP contribution in [-0.4, -0.2) is 19.1 Å². The summed E-state index contributed by atoms with van der Waals surface area (Å²) in [4.78, 5) is 13.0. The lowest BCUT2D eigenvalue weighted by Gasteiger charge is -2.13. The molecule has 0 radical (unpaired) electrons. The molecule has 0 aliphatic carbocycles. The quantitative estimate of drug-likeness (QED) is 0.765. The van der Waals surface area contributed by atoms with E-state index in [1.165, 1.54) is 0 Å². The number of halogens is 2. The highest BCUT2D eigenvalue weighted by molar-refractivity contribution is 9.13. The second kappa shape index (κ2) is 6.08. The van der Waals surface area contributed by atoms with Crippen LogP contribution >= 0.6 is 43.2 Å². The van der Waals surface area contributed by atoms with E-state index >= 15 is 0 Å². The third kappa shape index (κ3) is 3.01. The van der Waals surface area contributed by atoms with Crippen LogP contribution in [0.1, 0.15) is 26.8 Å². The lowest BCUT2D eigenvalue weighted by atomic mass is 10.0. The maximum Gasteiger partial charge on any atom is 0.255 e. The maximum absolute atomic E-state index is 12.0. The summed E-state index contributed by atoms with van der Waals surface area (Å²) in [5, 5.41) is 2.80. The Hall–Kier alpha value is -0.890. The molecule has 4 nitrogen and oxygen atoms in total. The SMILES string of the molecule is NC(c1ccc2c(c1)C(=O)NCCO2)c1cc(Br)c(Br)s1. The van der Waals surface area contributed by atoms with Crippen LogP contribution in [0, 0.1) is 0 Å². The van der Waals surface area contributed by atoms with Gasteiger partial charge in [0.2, 0.25) is 0 Å². The number of nitrogens with two attached hydrogens (primary N) is 1. The zero-order valence-corrected chi connectivity index (χ0v) is 14.8. The van der Waals surface area contributed by atoms with Gasteiger partial charge in [-0.25, -0.2) is 0 Å². The average Bonchev–Trinajstić information content (AvgIpc) is 2.70. The average molecular weight is 432 g/mol. The van der Waals surface area contributed by atoms with E-state index in [4.69, 9.17) is 10.5 Å². The molecule has 1 amide bonds. The Bertz CT molecular complexity index is 683. The number of nitrogens with one attached hydrogen (secondary N) is 1. The minimum absolute atomic E-state index is 0.120. The summed E-state index contributed by atoms with van der Waals surface area (Å²) in [5.74, 6) is 0.486. The number of carbonyl (C=O) groups is 1. The molecule has 0 fully saturated rings. The number of carbonyl (C=O) groups excluding carboxylic acids is 1. The fourth-order valence-corrected chi connectivity index (χ4v) is 4.27. The van der Waals surface area contributed by atoms with Crippen LogP contribution < -0.4 is 15.8 Å². The predicted octanol–water partition coefficient (Wildman–Crippen LogP) is 3.44.